The van der Waals surface area contributed by atoms with Crippen LogP contribution in [0, 0.1) is 23.5 Å². The Morgan fingerprint density at radius 2 is 1.40 bits per heavy atom. The van der Waals surface area contributed by atoms with Gasteiger partial charge >= 0.3 is 0 Å². The van der Waals surface area contributed by atoms with E-state index in [4.69, 9.17) is 9.40 Å². The Bertz CT molecular complexity index is 3070. The number of benzene rings is 6. The smallest absolute Gasteiger partial charge is 0.122 e. The number of hydrogen-bond acceptors (Lipinski definition) is 4. The zero-order valence-corrected chi connectivity index (χ0v) is 40.3. The van der Waals surface area contributed by atoms with E-state index in [1.54, 1.807) is 0 Å². The van der Waals surface area contributed by atoms with Gasteiger partial charge in [-0.1, -0.05) is 135 Å². The molecule has 0 saturated heterocycles. The van der Waals surface area contributed by atoms with E-state index in [-0.39, 0.29) is 42.8 Å². The predicted octanol–water partition coefficient (Wildman–Crippen LogP) is 15.3. The first kappa shape index (κ1) is 44.9. The Balaban J connectivity index is 0.000000295. The van der Waals surface area contributed by atoms with E-state index in [1.165, 1.54) is 27.8 Å². The number of pyridine rings is 1. The average molecular weight is 1000 g/mol. The second-order valence-electron chi connectivity index (χ2n) is 18.9. The summed E-state index contributed by atoms with van der Waals surface area (Å²) in [5.41, 5.74) is 15.4. The largest absolute Gasteiger partial charge is 0.500 e. The maximum absolute atomic E-state index is 9.65. The van der Waals surface area contributed by atoms with Gasteiger partial charge in [0.25, 0.3) is 0 Å². The van der Waals surface area contributed by atoms with Gasteiger partial charge < -0.3 is 14.0 Å². The van der Waals surface area contributed by atoms with Crippen LogP contribution in [0.2, 0.25) is 0 Å². The number of nitrogens with zero attached hydrogens (tertiary/aromatic N) is 4. The average Bonchev–Trinajstić information content (AvgIpc) is 3.84. The quantitative estimate of drug-likeness (QED) is 0.156. The van der Waals surface area contributed by atoms with Crippen molar-refractivity contribution in [3.63, 3.8) is 0 Å². The molecule has 1 radical (unpaired) electrons. The van der Waals surface area contributed by atoms with Gasteiger partial charge in [0.15, 0.2) is 0 Å². The second-order valence-corrected chi connectivity index (χ2v) is 18.9. The molecule has 0 N–H and O–H groups in total. The molecular formula is C57H54IrN4O-2. The molecule has 0 saturated carbocycles. The van der Waals surface area contributed by atoms with Crippen LogP contribution in [-0.4, -0.2) is 14.5 Å². The van der Waals surface area contributed by atoms with Crippen LogP contribution in [-0.2, 0) is 30.9 Å². The Kier molecular flexibility index (Phi) is 12.8. The summed E-state index contributed by atoms with van der Waals surface area (Å²) in [6.45, 7) is 22.3. The molecule has 0 spiro atoms. The molecule has 0 aliphatic heterocycles. The summed E-state index contributed by atoms with van der Waals surface area (Å²) >= 11 is 0. The predicted molar refractivity (Wildman–Crippen MR) is 257 cm³/mol. The van der Waals surface area contributed by atoms with Crippen LogP contribution in [0.3, 0.4) is 0 Å². The third-order valence-electron chi connectivity index (χ3n) is 11.6. The van der Waals surface area contributed by atoms with E-state index in [1.807, 2.05) is 54.7 Å². The Labute approximate surface area is 386 Å². The van der Waals surface area contributed by atoms with Crippen LogP contribution in [0.25, 0.3) is 72.4 Å². The number of nitriles is 1. The summed E-state index contributed by atoms with van der Waals surface area (Å²) in [6.07, 6.45) is 1.87. The molecule has 0 bridgehead atoms. The number of hydrogen-bond donors (Lipinski definition) is 0. The maximum Gasteiger partial charge on any atom is 0.122 e. The van der Waals surface area contributed by atoms with Gasteiger partial charge in [-0.15, -0.1) is 53.6 Å². The fourth-order valence-corrected chi connectivity index (χ4v) is 8.28. The number of rotatable bonds is 6. The van der Waals surface area contributed by atoms with Gasteiger partial charge in [0.1, 0.15) is 5.58 Å². The third-order valence-corrected chi connectivity index (χ3v) is 11.6. The van der Waals surface area contributed by atoms with Crippen LogP contribution in [0.15, 0.2) is 138 Å². The van der Waals surface area contributed by atoms with Crippen molar-refractivity contribution < 1.29 is 24.5 Å². The van der Waals surface area contributed by atoms with Crippen molar-refractivity contribution in [2.75, 3.05) is 0 Å². The van der Waals surface area contributed by atoms with E-state index in [2.05, 4.69) is 176 Å². The summed E-state index contributed by atoms with van der Waals surface area (Å²) in [7, 11) is 0. The van der Waals surface area contributed by atoms with Crippen molar-refractivity contribution >= 4 is 33.0 Å². The van der Waals surface area contributed by atoms with E-state index in [0.717, 1.165) is 61.3 Å². The van der Waals surface area contributed by atoms with E-state index in [9.17, 15) is 5.26 Å². The second kappa shape index (κ2) is 17.9. The van der Waals surface area contributed by atoms with Gasteiger partial charge in [-0.2, -0.15) is 5.26 Å². The zero-order chi connectivity index (χ0) is 43.9. The molecule has 0 aliphatic rings. The molecule has 3 heterocycles. The topological polar surface area (TPSA) is 67.6 Å². The standard InChI is InChI=1S/C42H38N3O.C15H16N.Ir/c1-25(2)32-22-29(28-13-9-8-10-14-28)23-33(26(3)4)39(32)45-36-16-12-11-15-35(36)44-41(45)31-19-20-34(42(5,6)7)38-30-18-17-27(24-43)21-37(30)46-40(31)38;1-15(2,3)13-9-10-16-14(11-13)12-7-5-4-6-8-12;/h8-18,20-23,25-26H,1-7H3;4-7,9-11H,1-3H3;/q2*-1;. The molecule has 5 nitrogen and oxygen atoms in total. The van der Waals surface area contributed by atoms with Crippen LogP contribution < -0.4 is 0 Å². The minimum atomic E-state index is -0.152. The van der Waals surface area contributed by atoms with Gasteiger partial charge in [-0.25, -0.2) is 0 Å². The molecule has 63 heavy (non-hydrogen) atoms. The fourth-order valence-electron chi connectivity index (χ4n) is 8.28. The van der Waals surface area contributed by atoms with Crippen molar-refractivity contribution in [1.82, 2.24) is 14.5 Å². The Morgan fingerprint density at radius 1 is 0.714 bits per heavy atom. The molecule has 0 atom stereocenters. The van der Waals surface area contributed by atoms with E-state index in [0.29, 0.717) is 11.1 Å². The van der Waals surface area contributed by atoms with E-state index >= 15 is 0 Å². The maximum atomic E-state index is 9.65. The SMILES string of the molecule is CC(C)(C)c1ccnc(-c2[c-]cccc2)c1.CC(C)c1cc(-c2ccccc2)cc(C(C)C)c1-n1c(-c2[c-]cc(C(C)(C)C)c3c2oc2cc(C#N)ccc23)nc2ccccc21.[Ir]. The molecule has 0 aliphatic carbocycles. The molecule has 0 unspecified atom stereocenters. The first-order chi connectivity index (χ1) is 29.6. The van der Waals surface area contributed by atoms with Crippen molar-refractivity contribution in [2.45, 2.75) is 91.9 Å². The first-order valence-electron chi connectivity index (χ1n) is 21.6. The fraction of sp³-hybridized carbons (Fsp3) is 0.246. The zero-order valence-electron chi connectivity index (χ0n) is 37.9. The number of aromatic nitrogens is 3. The van der Waals surface area contributed by atoms with Gasteiger partial charge in [0.05, 0.1) is 34.1 Å². The number of imidazole rings is 1. The molecule has 0 fully saturated rings. The minimum Gasteiger partial charge on any atom is -0.500 e. The van der Waals surface area contributed by atoms with Gasteiger partial charge in [-0.05, 0) is 98.6 Å². The summed E-state index contributed by atoms with van der Waals surface area (Å²) in [6, 6.07) is 52.8. The van der Waals surface area contributed by atoms with E-state index < -0.39 is 0 Å². The summed E-state index contributed by atoms with van der Waals surface area (Å²) in [5.74, 6) is 1.31. The summed E-state index contributed by atoms with van der Waals surface area (Å²) < 4.78 is 9.04. The van der Waals surface area contributed by atoms with Crippen molar-refractivity contribution in [3.05, 3.63) is 174 Å². The summed E-state index contributed by atoms with van der Waals surface area (Å²) in [5, 5.41) is 11.7. The molecule has 6 aromatic carbocycles. The van der Waals surface area contributed by atoms with Crippen molar-refractivity contribution in [3.8, 4) is 45.5 Å². The Hall–Kier alpha value is -6.12. The molecule has 319 valence electrons. The molecule has 9 aromatic rings. The van der Waals surface area contributed by atoms with Crippen LogP contribution in [0.4, 0.5) is 0 Å². The number of furan rings is 1. The molecule has 6 heteroatoms. The van der Waals surface area contributed by atoms with Crippen LogP contribution in [0.5, 0.6) is 0 Å². The van der Waals surface area contributed by atoms with Crippen LogP contribution in [0.1, 0.15) is 109 Å². The molecule has 9 rings (SSSR count). The van der Waals surface area contributed by atoms with Gasteiger partial charge in [0, 0.05) is 37.4 Å². The van der Waals surface area contributed by atoms with Crippen molar-refractivity contribution in [1.29, 1.82) is 5.26 Å². The third kappa shape index (κ3) is 8.92. The Morgan fingerprint density at radius 3 is 2.03 bits per heavy atom. The number of para-hydroxylation sites is 2. The number of fused-ring (bicyclic) bond motifs is 4. The van der Waals surface area contributed by atoms with Crippen molar-refractivity contribution in [2.24, 2.45) is 0 Å². The molecule has 0 amide bonds. The normalized spacial score (nSPS) is 11.8. The first-order valence-corrected chi connectivity index (χ1v) is 21.6. The van der Waals surface area contributed by atoms with Crippen LogP contribution >= 0.6 is 0 Å². The minimum absolute atomic E-state index is 0. The molecule has 3 aromatic heterocycles. The monoisotopic (exact) mass is 1000 g/mol. The summed E-state index contributed by atoms with van der Waals surface area (Å²) in [4.78, 5) is 9.70. The van der Waals surface area contributed by atoms with Gasteiger partial charge in [0.2, 0.25) is 0 Å². The molecular weight excluding hydrogens is 949 g/mol. The van der Waals surface area contributed by atoms with Gasteiger partial charge in [-0.3, -0.25) is 4.98 Å².